The molecule has 0 aliphatic heterocycles. The summed E-state index contributed by atoms with van der Waals surface area (Å²) in [6.07, 6.45) is 1.56. The number of nitrogens with zero attached hydrogens (tertiary/aromatic N) is 1. The van der Waals surface area contributed by atoms with Gasteiger partial charge in [-0.1, -0.05) is 54.1 Å². The molecule has 3 aromatic carbocycles. The molecular weight excluding hydrogens is 440 g/mol. The lowest BCUT2D eigenvalue weighted by molar-refractivity contribution is -0.112. The van der Waals surface area contributed by atoms with Gasteiger partial charge < -0.3 is 10.1 Å². The summed E-state index contributed by atoms with van der Waals surface area (Å²) in [5.41, 5.74) is 4.64. The fraction of sp³-hybridized carbons (Fsp3) is 0.120. The lowest BCUT2D eigenvalue weighted by Gasteiger charge is -2.10. The summed E-state index contributed by atoms with van der Waals surface area (Å²) >= 11 is 3.51. The molecule has 150 valence electrons. The molecule has 1 amide bonds. The van der Waals surface area contributed by atoms with E-state index in [4.69, 9.17) is 4.74 Å². The molecule has 0 atom stereocenters. The number of benzene rings is 3. The van der Waals surface area contributed by atoms with E-state index in [0.717, 1.165) is 21.2 Å². The van der Waals surface area contributed by atoms with Crippen molar-refractivity contribution in [3.8, 4) is 11.8 Å². The lowest BCUT2D eigenvalue weighted by Crippen LogP contribution is -2.14. The number of amides is 1. The van der Waals surface area contributed by atoms with Crippen molar-refractivity contribution in [1.82, 2.24) is 0 Å². The number of carbonyl (C=O) groups is 1. The quantitative estimate of drug-likeness (QED) is 0.352. The average molecular weight is 461 g/mol. The smallest absolute Gasteiger partial charge is 0.266 e. The molecule has 0 unspecified atom stereocenters. The van der Waals surface area contributed by atoms with Crippen molar-refractivity contribution >= 4 is 33.6 Å². The van der Waals surface area contributed by atoms with E-state index in [0.29, 0.717) is 18.0 Å². The molecule has 0 spiro atoms. The largest absolute Gasteiger partial charge is 0.488 e. The first-order valence-electron chi connectivity index (χ1n) is 9.43. The van der Waals surface area contributed by atoms with Crippen LogP contribution in [0.3, 0.4) is 0 Å². The lowest BCUT2D eigenvalue weighted by atomic mass is 10.1. The number of nitrogens with one attached hydrogen (secondary N) is 1. The topological polar surface area (TPSA) is 62.1 Å². The molecule has 0 aliphatic rings. The number of carbonyl (C=O) groups excluding carboxylic acids is 1. The Morgan fingerprint density at radius 3 is 2.60 bits per heavy atom. The molecule has 0 heterocycles. The number of ether oxygens (including phenoxy) is 1. The Bertz CT molecular complexity index is 1150. The van der Waals surface area contributed by atoms with Crippen LogP contribution < -0.4 is 10.1 Å². The Hall–Kier alpha value is -3.36. The summed E-state index contributed by atoms with van der Waals surface area (Å²) in [6.45, 7) is 4.40. The molecule has 0 bridgehead atoms. The SMILES string of the molecule is Cc1cccc(COc2ccc(/C=C(/C#N)C(=O)Nc3ccccc3C)cc2Br)c1. The predicted molar refractivity (Wildman–Crippen MR) is 123 cm³/mol. The number of hydrogen-bond acceptors (Lipinski definition) is 3. The van der Waals surface area contributed by atoms with Gasteiger partial charge in [0.1, 0.15) is 24.0 Å². The van der Waals surface area contributed by atoms with Crippen molar-refractivity contribution in [2.75, 3.05) is 5.32 Å². The highest BCUT2D eigenvalue weighted by Crippen LogP contribution is 2.28. The van der Waals surface area contributed by atoms with Gasteiger partial charge in [0.25, 0.3) is 5.91 Å². The highest BCUT2D eigenvalue weighted by Gasteiger charge is 2.11. The van der Waals surface area contributed by atoms with Gasteiger partial charge in [-0.15, -0.1) is 0 Å². The molecule has 0 radical (unpaired) electrons. The average Bonchev–Trinajstić information content (AvgIpc) is 2.73. The molecule has 5 heteroatoms. The van der Waals surface area contributed by atoms with Gasteiger partial charge in [-0.2, -0.15) is 5.26 Å². The second kappa shape index (κ2) is 9.91. The standard InChI is InChI=1S/C25H21BrN2O2/c1-17-6-5-8-20(12-17)16-30-24-11-10-19(14-22(24)26)13-21(15-27)25(29)28-23-9-4-3-7-18(23)2/h3-14H,16H2,1-2H3,(H,28,29)/b21-13-. The molecule has 3 rings (SSSR count). The first-order chi connectivity index (χ1) is 14.5. The van der Waals surface area contributed by atoms with E-state index in [1.165, 1.54) is 5.56 Å². The Labute approximate surface area is 184 Å². The predicted octanol–water partition coefficient (Wildman–Crippen LogP) is 6.19. The summed E-state index contributed by atoms with van der Waals surface area (Å²) in [5.74, 6) is 0.249. The van der Waals surface area contributed by atoms with Crippen LogP contribution in [0, 0.1) is 25.2 Å². The normalized spacial score (nSPS) is 10.9. The minimum absolute atomic E-state index is 0.0265. The fourth-order valence-corrected chi connectivity index (χ4v) is 3.42. The summed E-state index contributed by atoms with van der Waals surface area (Å²) in [5, 5.41) is 12.2. The number of anilines is 1. The van der Waals surface area contributed by atoms with Crippen molar-refractivity contribution in [3.05, 3.63) is 99.0 Å². The first-order valence-corrected chi connectivity index (χ1v) is 10.2. The van der Waals surface area contributed by atoms with Gasteiger partial charge in [0, 0.05) is 5.69 Å². The number of halogens is 1. The highest BCUT2D eigenvalue weighted by atomic mass is 79.9. The van der Waals surface area contributed by atoms with Gasteiger partial charge in [-0.05, 0) is 70.7 Å². The van der Waals surface area contributed by atoms with E-state index >= 15 is 0 Å². The Morgan fingerprint density at radius 1 is 1.10 bits per heavy atom. The molecule has 0 saturated heterocycles. The van der Waals surface area contributed by atoms with Gasteiger partial charge in [0.05, 0.1) is 4.47 Å². The molecule has 0 saturated carbocycles. The van der Waals surface area contributed by atoms with Crippen LogP contribution in [0.2, 0.25) is 0 Å². The van der Waals surface area contributed by atoms with Crippen molar-refractivity contribution in [1.29, 1.82) is 5.26 Å². The molecule has 3 aromatic rings. The van der Waals surface area contributed by atoms with Gasteiger partial charge in [0.2, 0.25) is 0 Å². The third kappa shape index (κ3) is 5.59. The fourth-order valence-electron chi connectivity index (χ4n) is 2.90. The van der Waals surface area contributed by atoms with E-state index in [9.17, 15) is 10.1 Å². The number of rotatable bonds is 6. The highest BCUT2D eigenvalue weighted by molar-refractivity contribution is 9.10. The van der Waals surface area contributed by atoms with E-state index in [1.54, 1.807) is 12.1 Å². The van der Waals surface area contributed by atoms with Crippen LogP contribution >= 0.6 is 15.9 Å². The van der Waals surface area contributed by atoms with E-state index in [-0.39, 0.29) is 5.57 Å². The number of hydrogen-bond donors (Lipinski definition) is 1. The van der Waals surface area contributed by atoms with Crippen LogP contribution in [0.1, 0.15) is 22.3 Å². The summed E-state index contributed by atoms with van der Waals surface area (Å²) in [6, 6.07) is 23.0. The molecule has 4 nitrogen and oxygen atoms in total. The summed E-state index contributed by atoms with van der Waals surface area (Å²) < 4.78 is 6.64. The monoisotopic (exact) mass is 460 g/mol. The van der Waals surface area contributed by atoms with Crippen LogP contribution in [0.15, 0.2) is 76.8 Å². The van der Waals surface area contributed by atoms with Crippen LogP contribution in [-0.4, -0.2) is 5.91 Å². The second-order valence-corrected chi connectivity index (χ2v) is 7.76. The zero-order valence-electron chi connectivity index (χ0n) is 16.8. The van der Waals surface area contributed by atoms with Crippen molar-refractivity contribution in [2.24, 2.45) is 0 Å². The third-order valence-electron chi connectivity index (χ3n) is 4.50. The minimum Gasteiger partial charge on any atom is -0.488 e. The summed E-state index contributed by atoms with van der Waals surface area (Å²) in [7, 11) is 0. The number of nitriles is 1. The van der Waals surface area contributed by atoms with Crippen LogP contribution in [0.5, 0.6) is 5.75 Å². The van der Waals surface area contributed by atoms with E-state index in [2.05, 4.69) is 27.3 Å². The molecule has 1 N–H and O–H groups in total. The maximum absolute atomic E-state index is 12.5. The zero-order chi connectivity index (χ0) is 21.5. The Kier molecular flexibility index (Phi) is 7.05. The van der Waals surface area contributed by atoms with Crippen molar-refractivity contribution in [3.63, 3.8) is 0 Å². The minimum atomic E-state index is -0.442. The van der Waals surface area contributed by atoms with Crippen LogP contribution in [0.4, 0.5) is 5.69 Å². The molecule has 0 aromatic heterocycles. The van der Waals surface area contributed by atoms with Gasteiger partial charge in [-0.25, -0.2) is 0 Å². The molecule has 0 aliphatic carbocycles. The van der Waals surface area contributed by atoms with Crippen LogP contribution in [0.25, 0.3) is 6.08 Å². The van der Waals surface area contributed by atoms with Gasteiger partial charge in [-0.3, -0.25) is 4.79 Å². The van der Waals surface area contributed by atoms with Crippen LogP contribution in [-0.2, 0) is 11.4 Å². The van der Waals surface area contributed by atoms with Crippen molar-refractivity contribution < 1.29 is 9.53 Å². The first kappa shape index (κ1) is 21.4. The Balaban J connectivity index is 1.72. The van der Waals surface area contributed by atoms with Gasteiger partial charge in [0.15, 0.2) is 0 Å². The maximum Gasteiger partial charge on any atom is 0.266 e. The Morgan fingerprint density at radius 2 is 1.90 bits per heavy atom. The summed E-state index contributed by atoms with van der Waals surface area (Å²) in [4.78, 5) is 12.5. The van der Waals surface area contributed by atoms with E-state index in [1.807, 2.05) is 74.5 Å². The molecule has 0 fully saturated rings. The number of para-hydroxylation sites is 1. The molecule has 30 heavy (non-hydrogen) atoms. The third-order valence-corrected chi connectivity index (χ3v) is 5.12. The van der Waals surface area contributed by atoms with Gasteiger partial charge >= 0.3 is 0 Å². The van der Waals surface area contributed by atoms with E-state index < -0.39 is 5.91 Å². The maximum atomic E-state index is 12.5. The number of aryl methyl sites for hydroxylation is 2. The second-order valence-electron chi connectivity index (χ2n) is 6.91. The molecular formula is C25H21BrN2O2. The van der Waals surface area contributed by atoms with Crippen molar-refractivity contribution in [2.45, 2.75) is 20.5 Å². The zero-order valence-corrected chi connectivity index (χ0v) is 18.4.